The van der Waals surface area contributed by atoms with Gasteiger partial charge in [-0.2, -0.15) is 0 Å². The SMILES string of the molecule is CC(C)N(CCCc1ccc(C2CC(F)C(F)C2)cc1)CCc1ccccc1. The van der Waals surface area contributed by atoms with Crippen LogP contribution in [-0.4, -0.2) is 36.4 Å². The van der Waals surface area contributed by atoms with Crippen LogP contribution in [0.5, 0.6) is 0 Å². The van der Waals surface area contributed by atoms with Crippen molar-refractivity contribution in [3.8, 4) is 0 Å². The van der Waals surface area contributed by atoms with Gasteiger partial charge in [0.25, 0.3) is 0 Å². The Kier molecular flexibility index (Phi) is 7.61. The molecule has 1 saturated carbocycles. The molecule has 1 aliphatic carbocycles. The quantitative estimate of drug-likeness (QED) is 0.502. The highest BCUT2D eigenvalue weighted by Gasteiger charge is 2.35. The van der Waals surface area contributed by atoms with E-state index in [0.29, 0.717) is 18.9 Å². The van der Waals surface area contributed by atoms with Crippen molar-refractivity contribution in [1.29, 1.82) is 0 Å². The van der Waals surface area contributed by atoms with Crippen LogP contribution >= 0.6 is 0 Å². The average molecular weight is 386 g/mol. The average Bonchev–Trinajstić information content (AvgIpc) is 3.04. The molecule has 0 aliphatic heterocycles. The predicted octanol–water partition coefficient (Wildman–Crippen LogP) is 6.13. The Morgan fingerprint density at radius 2 is 1.43 bits per heavy atom. The molecule has 1 aliphatic rings. The summed E-state index contributed by atoms with van der Waals surface area (Å²) in [5.41, 5.74) is 3.78. The zero-order chi connectivity index (χ0) is 19.9. The smallest absolute Gasteiger partial charge is 0.132 e. The van der Waals surface area contributed by atoms with Crippen molar-refractivity contribution >= 4 is 0 Å². The fourth-order valence-corrected chi connectivity index (χ4v) is 4.20. The van der Waals surface area contributed by atoms with Gasteiger partial charge in [0, 0.05) is 12.6 Å². The third-order valence-corrected chi connectivity index (χ3v) is 6.03. The highest BCUT2D eigenvalue weighted by Crippen LogP contribution is 2.38. The Morgan fingerprint density at radius 1 is 0.821 bits per heavy atom. The van der Waals surface area contributed by atoms with Crippen molar-refractivity contribution in [2.24, 2.45) is 0 Å². The van der Waals surface area contributed by atoms with Gasteiger partial charge in [-0.05, 0) is 75.1 Å². The van der Waals surface area contributed by atoms with Gasteiger partial charge < -0.3 is 4.90 Å². The molecule has 3 rings (SSSR count). The number of nitrogens with zero attached hydrogens (tertiary/aromatic N) is 1. The lowest BCUT2D eigenvalue weighted by Crippen LogP contribution is -2.34. The summed E-state index contributed by atoms with van der Waals surface area (Å²) >= 11 is 0. The Labute approximate surface area is 168 Å². The molecule has 0 radical (unpaired) electrons. The van der Waals surface area contributed by atoms with Gasteiger partial charge in [-0.25, -0.2) is 8.78 Å². The fourth-order valence-electron chi connectivity index (χ4n) is 4.20. The molecule has 2 aromatic rings. The summed E-state index contributed by atoms with van der Waals surface area (Å²) in [7, 11) is 0. The maximum Gasteiger partial charge on any atom is 0.132 e. The normalized spacial score (nSPS) is 22.3. The third-order valence-electron chi connectivity index (χ3n) is 6.03. The maximum absolute atomic E-state index is 13.4. The molecule has 28 heavy (non-hydrogen) atoms. The lowest BCUT2D eigenvalue weighted by atomic mass is 9.96. The lowest BCUT2D eigenvalue weighted by Gasteiger charge is -2.26. The summed E-state index contributed by atoms with van der Waals surface area (Å²) in [6, 6.07) is 19.6. The molecule has 152 valence electrons. The van der Waals surface area contributed by atoms with Gasteiger partial charge in [0.1, 0.15) is 12.3 Å². The molecular formula is C25H33F2N. The number of rotatable bonds is 9. The van der Waals surface area contributed by atoms with Crippen LogP contribution in [-0.2, 0) is 12.8 Å². The van der Waals surface area contributed by atoms with Crippen molar-refractivity contribution in [2.45, 2.75) is 70.3 Å². The van der Waals surface area contributed by atoms with E-state index >= 15 is 0 Å². The van der Waals surface area contributed by atoms with E-state index in [0.717, 1.165) is 37.9 Å². The van der Waals surface area contributed by atoms with E-state index in [1.807, 2.05) is 0 Å². The number of aryl methyl sites for hydroxylation is 1. The molecule has 0 heterocycles. The zero-order valence-electron chi connectivity index (χ0n) is 17.2. The van der Waals surface area contributed by atoms with E-state index in [1.54, 1.807) is 0 Å². The summed E-state index contributed by atoms with van der Waals surface area (Å²) in [4.78, 5) is 2.54. The Hall–Kier alpha value is -1.74. The summed E-state index contributed by atoms with van der Waals surface area (Å²) < 4.78 is 26.9. The lowest BCUT2D eigenvalue weighted by molar-refractivity contribution is 0.199. The molecule has 0 spiro atoms. The van der Waals surface area contributed by atoms with E-state index in [4.69, 9.17) is 0 Å². The van der Waals surface area contributed by atoms with Crippen molar-refractivity contribution in [1.82, 2.24) is 4.90 Å². The first-order valence-electron chi connectivity index (χ1n) is 10.7. The molecule has 0 N–H and O–H groups in total. The van der Waals surface area contributed by atoms with Gasteiger partial charge in [0.15, 0.2) is 0 Å². The molecular weight excluding hydrogens is 352 g/mol. The van der Waals surface area contributed by atoms with Crippen LogP contribution in [0.25, 0.3) is 0 Å². The van der Waals surface area contributed by atoms with Crippen LogP contribution in [0.4, 0.5) is 8.78 Å². The standard InChI is InChI=1S/C25H33F2N/c1-19(2)28(16-14-20-7-4-3-5-8-20)15-6-9-21-10-12-22(13-11-21)23-17-24(26)25(27)18-23/h3-5,7-8,10-13,19,23-25H,6,9,14-18H2,1-2H3. The topological polar surface area (TPSA) is 3.24 Å². The van der Waals surface area contributed by atoms with Crippen LogP contribution < -0.4 is 0 Å². The van der Waals surface area contributed by atoms with Crippen molar-refractivity contribution in [3.63, 3.8) is 0 Å². The van der Waals surface area contributed by atoms with Crippen molar-refractivity contribution in [3.05, 3.63) is 71.3 Å². The van der Waals surface area contributed by atoms with Crippen LogP contribution in [0.2, 0.25) is 0 Å². The van der Waals surface area contributed by atoms with Crippen LogP contribution in [0.15, 0.2) is 54.6 Å². The highest BCUT2D eigenvalue weighted by atomic mass is 19.2. The molecule has 0 saturated heterocycles. The van der Waals surface area contributed by atoms with Gasteiger partial charge in [-0.15, -0.1) is 0 Å². The number of hydrogen-bond acceptors (Lipinski definition) is 1. The first-order chi connectivity index (χ1) is 13.5. The van der Waals surface area contributed by atoms with Crippen molar-refractivity contribution < 1.29 is 8.78 Å². The minimum absolute atomic E-state index is 0.0356. The summed E-state index contributed by atoms with van der Waals surface area (Å²) in [6.45, 7) is 6.69. The Morgan fingerprint density at radius 3 is 2.04 bits per heavy atom. The minimum Gasteiger partial charge on any atom is -0.301 e. The molecule has 0 amide bonds. The second kappa shape index (κ2) is 10.2. The number of halogens is 2. The largest absolute Gasteiger partial charge is 0.301 e. The van der Waals surface area contributed by atoms with E-state index in [1.165, 1.54) is 11.1 Å². The van der Waals surface area contributed by atoms with Crippen LogP contribution in [0.3, 0.4) is 0 Å². The molecule has 0 bridgehead atoms. The zero-order valence-corrected chi connectivity index (χ0v) is 17.2. The molecule has 2 aromatic carbocycles. The highest BCUT2D eigenvalue weighted by molar-refractivity contribution is 5.27. The van der Waals surface area contributed by atoms with Crippen LogP contribution in [0, 0.1) is 0 Å². The molecule has 2 atom stereocenters. The van der Waals surface area contributed by atoms with E-state index in [2.05, 4.69) is 73.3 Å². The number of hydrogen-bond donors (Lipinski definition) is 0. The van der Waals surface area contributed by atoms with Gasteiger partial charge in [0.05, 0.1) is 0 Å². The van der Waals surface area contributed by atoms with Gasteiger partial charge in [-0.1, -0.05) is 54.6 Å². The summed E-state index contributed by atoms with van der Waals surface area (Å²) in [5, 5.41) is 0. The molecule has 1 fully saturated rings. The first kappa shape index (κ1) is 21.0. The van der Waals surface area contributed by atoms with Gasteiger partial charge in [0.2, 0.25) is 0 Å². The van der Waals surface area contributed by atoms with Crippen molar-refractivity contribution in [2.75, 3.05) is 13.1 Å². The van der Waals surface area contributed by atoms with Gasteiger partial charge >= 0.3 is 0 Å². The second-order valence-electron chi connectivity index (χ2n) is 8.41. The molecule has 2 unspecified atom stereocenters. The minimum atomic E-state index is -1.29. The Bertz CT molecular complexity index is 688. The summed E-state index contributed by atoms with van der Waals surface area (Å²) in [5.74, 6) is 0.0356. The molecule has 1 nitrogen and oxygen atoms in total. The van der Waals surface area contributed by atoms with E-state index in [-0.39, 0.29) is 5.92 Å². The van der Waals surface area contributed by atoms with E-state index < -0.39 is 12.3 Å². The predicted molar refractivity (Wildman–Crippen MR) is 113 cm³/mol. The summed E-state index contributed by atoms with van der Waals surface area (Å²) in [6.07, 6.45) is 1.31. The Balaban J connectivity index is 1.45. The first-order valence-corrected chi connectivity index (χ1v) is 10.7. The number of benzene rings is 2. The van der Waals surface area contributed by atoms with Gasteiger partial charge in [-0.3, -0.25) is 0 Å². The second-order valence-corrected chi connectivity index (χ2v) is 8.41. The molecule has 3 heteroatoms. The fraction of sp³-hybridized carbons (Fsp3) is 0.520. The maximum atomic E-state index is 13.4. The third kappa shape index (κ3) is 5.88. The van der Waals surface area contributed by atoms with E-state index in [9.17, 15) is 8.78 Å². The number of alkyl halides is 2. The monoisotopic (exact) mass is 385 g/mol. The van der Waals surface area contributed by atoms with Crippen LogP contribution in [0.1, 0.15) is 55.7 Å². The molecule has 0 aromatic heterocycles.